The maximum absolute atomic E-state index is 12.0. The summed E-state index contributed by atoms with van der Waals surface area (Å²) in [6, 6.07) is 6.02. The van der Waals surface area contributed by atoms with Gasteiger partial charge in [-0.15, -0.1) is 0 Å². The molecule has 2 aromatic rings. The van der Waals surface area contributed by atoms with Crippen LogP contribution in [0.2, 0.25) is 0 Å². The van der Waals surface area contributed by atoms with Gasteiger partial charge in [0.05, 0.1) is 17.6 Å². The molecule has 1 atom stereocenters. The summed E-state index contributed by atoms with van der Waals surface area (Å²) in [6.45, 7) is 6.26. The number of para-hydroxylation sites is 1. The normalized spacial score (nSPS) is 12.6. The number of aromatic nitrogens is 2. The van der Waals surface area contributed by atoms with E-state index in [9.17, 15) is 4.79 Å². The number of ether oxygens (including phenoxy) is 1. The van der Waals surface area contributed by atoms with Gasteiger partial charge in [0.25, 0.3) is 0 Å². The van der Waals surface area contributed by atoms with E-state index in [2.05, 4.69) is 18.0 Å². The number of nitrogens with zero attached hydrogens (tertiary/aromatic N) is 2. The predicted octanol–water partition coefficient (Wildman–Crippen LogP) is 2.94. The highest BCUT2D eigenvalue weighted by Crippen LogP contribution is 2.26. The SMILES string of the molecule is CCOC(=O)C(CC)c1nc2cccc(C)c2n1C. The number of benzene rings is 1. The minimum atomic E-state index is -0.295. The quantitative estimate of drug-likeness (QED) is 0.794. The van der Waals surface area contributed by atoms with Crippen molar-refractivity contribution in [3.63, 3.8) is 0 Å². The van der Waals surface area contributed by atoms with Crippen LogP contribution in [0.1, 0.15) is 37.6 Å². The van der Waals surface area contributed by atoms with Crippen molar-refractivity contribution in [3.05, 3.63) is 29.6 Å². The largest absolute Gasteiger partial charge is 0.465 e. The third-order valence-corrected chi connectivity index (χ3v) is 3.42. The second kappa shape index (κ2) is 5.43. The molecule has 1 aromatic carbocycles. The van der Waals surface area contributed by atoms with Crippen LogP contribution in [0, 0.1) is 6.92 Å². The Morgan fingerprint density at radius 1 is 1.42 bits per heavy atom. The van der Waals surface area contributed by atoms with Gasteiger partial charge in [0.1, 0.15) is 11.7 Å². The number of aryl methyl sites for hydroxylation is 2. The Kier molecular flexibility index (Phi) is 3.88. The van der Waals surface area contributed by atoms with Gasteiger partial charge in [-0.25, -0.2) is 4.98 Å². The molecule has 4 nitrogen and oxygen atoms in total. The molecule has 0 N–H and O–H groups in total. The maximum atomic E-state index is 12.0. The van der Waals surface area contributed by atoms with E-state index in [1.807, 2.05) is 37.6 Å². The summed E-state index contributed by atoms with van der Waals surface area (Å²) in [6.07, 6.45) is 0.690. The van der Waals surface area contributed by atoms with E-state index >= 15 is 0 Å². The summed E-state index contributed by atoms with van der Waals surface area (Å²) in [5.74, 6) is 0.294. The number of hydrogen-bond acceptors (Lipinski definition) is 3. The van der Waals surface area contributed by atoms with E-state index in [1.165, 1.54) is 0 Å². The van der Waals surface area contributed by atoms with Gasteiger partial charge in [0.2, 0.25) is 0 Å². The highest BCUT2D eigenvalue weighted by Gasteiger charge is 2.25. The zero-order valence-corrected chi connectivity index (χ0v) is 11.9. The maximum Gasteiger partial charge on any atom is 0.316 e. The van der Waals surface area contributed by atoms with Crippen molar-refractivity contribution in [2.45, 2.75) is 33.1 Å². The Morgan fingerprint density at radius 2 is 2.16 bits per heavy atom. The van der Waals surface area contributed by atoms with Crippen molar-refractivity contribution >= 4 is 17.0 Å². The summed E-state index contributed by atoms with van der Waals surface area (Å²) in [4.78, 5) is 16.6. The topological polar surface area (TPSA) is 44.1 Å². The Labute approximate surface area is 113 Å². The third kappa shape index (κ3) is 2.35. The Morgan fingerprint density at radius 3 is 2.74 bits per heavy atom. The lowest BCUT2D eigenvalue weighted by Gasteiger charge is -2.13. The summed E-state index contributed by atoms with van der Waals surface area (Å²) >= 11 is 0. The lowest BCUT2D eigenvalue weighted by molar-refractivity contribution is -0.145. The lowest BCUT2D eigenvalue weighted by atomic mass is 10.1. The first-order valence-electron chi connectivity index (χ1n) is 6.68. The van der Waals surface area contributed by atoms with Crippen LogP contribution in [-0.2, 0) is 16.6 Å². The van der Waals surface area contributed by atoms with Gasteiger partial charge in [0.15, 0.2) is 0 Å². The molecule has 1 unspecified atom stereocenters. The monoisotopic (exact) mass is 260 g/mol. The fourth-order valence-corrected chi connectivity index (χ4v) is 2.49. The summed E-state index contributed by atoms with van der Waals surface area (Å²) in [5, 5.41) is 0. The van der Waals surface area contributed by atoms with Gasteiger partial charge in [-0.3, -0.25) is 4.79 Å². The van der Waals surface area contributed by atoms with Gasteiger partial charge in [-0.2, -0.15) is 0 Å². The molecule has 0 aliphatic carbocycles. The molecule has 0 bridgehead atoms. The molecule has 2 rings (SSSR count). The van der Waals surface area contributed by atoms with E-state index in [1.54, 1.807) is 0 Å². The van der Waals surface area contributed by atoms with E-state index in [4.69, 9.17) is 4.74 Å². The van der Waals surface area contributed by atoms with Gasteiger partial charge >= 0.3 is 5.97 Å². The summed E-state index contributed by atoms with van der Waals surface area (Å²) < 4.78 is 7.15. The second-order valence-electron chi connectivity index (χ2n) is 4.68. The van der Waals surface area contributed by atoms with Gasteiger partial charge in [-0.1, -0.05) is 19.1 Å². The van der Waals surface area contributed by atoms with Gasteiger partial charge < -0.3 is 9.30 Å². The first-order chi connectivity index (χ1) is 9.10. The Balaban J connectivity index is 2.52. The molecule has 0 amide bonds. The number of carbonyl (C=O) groups excluding carboxylic acids is 1. The van der Waals surface area contributed by atoms with Crippen molar-refractivity contribution in [2.75, 3.05) is 6.61 Å². The van der Waals surface area contributed by atoms with Gasteiger partial charge in [-0.05, 0) is 31.9 Å². The summed E-state index contributed by atoms with van der Waals surface area (Å²) in [5.41, 5.74) is 3.18. The zero-order chi connectivity index (χ0) is 14.0. The van der Waals surface area contributed by atoms with Crippen LogP contribution in [0.25, 0.3) is 11.0 Å². The molecule has 4 heteroatoms. The molecule has 19 heavy (non-hydrogen) atoms. The summed E-state index contributed by atoms with van der Waals surface area (Å²) in [7, 11) is 1.96. The van der Waals surface area contributed by atoms with Crippen molar-refractivity contribution in [3.8, 4) is 0 Å². The number of rotatable bonds is 4. The second-order valence-corrected chi connectivity index (χ2v) is 4.68. The first kappa shape index (κ1) is 13.6. The standard InChI is InChI=1S/C15H20N2O2/c1-5-11(15(18)19-6-2)14-16-12-9-7-8-10(3)13(12)17(14)4/h7-9,11H,5-6H2,1-4H3. The van der Waals surface area contributed by atoms with Crippen LogP contribution in [-0.4, -0.2) is 22.1 Å². The van der Waals surface area contributed by atoms with Crippen molar-refractivity contribution in [1.82, 2.24) is 9.55 Å². The lowest BCUT2D eigenvalue weighted by Crippen LogP contribution is -2.18. The van der Waals surface area contributed by atoms with Crippen molar-refractivity contribution < 1.29 is 9.53 Å². The molecular weight excluding hydrogens is 240 g/mol. The Hall–Kier alpha value is -1.84. The van der Waals surface area contributed by atoms with Crippen LogP contribution in [0.4, 0.5) is 0 Å². The molecule has 0 aliphatic heterocycles. The van der Waals surface area contributed by atoms with Crippen molar-refractivity contribution in [2.24, 2.45) is 7.05 Å². The van der Waals surface area contributed by atoms with E-state index in [0.29, 0.717) is 13.0 Å². The number of fused-ring (bicyclic) bond motifs is 1. The van der Waals surface area contributed by atoms with Crippen LogP contribution < -0.4 is 0 Å². The smallest absolute Gasteiger partial charge is 0.316 e. The molecule has 102 valence electrons. The average molecular weight is 260 g/mol. The fourth-order valence-electron chi connectivity index (χ4n) is 2.49. The molecule has 0 aliphatic rings. The van der Waals surface area contributed by atoms with Crippen LogP contribution in [0.3, 0.4) is 0 Å². The molecule has 0 spiro atoms. The zero-order valence-electron chi connectivity index (χ0n) is 11.9. The van der Waals surface area contributed by atoms with E-state index in [-0.39, 0.29) is 11.9 Å². The number of hydrogen-bond donors (Lipinski definition) is 0. The number of carbonyl (C=O) groups is 1. The molecular formula is C15H20N2O2. The van der Waals surface area contributed by atoms with Crippen LogP contribution in [0.5, 0.6) is 0 Å². The molecule has 0 saturated heterocycles. The highest BCUT2D eigenvalue weighted by atomic mass is 16.5. The minimum absolute atomic E-state index is 0.193. The van der Waals surface area contributed by atoms with Crippen molar-refractivity contribution in [1.29, 1.82) is 0 Å². The fraction of sp³-hybridized carbons (Fsp3) is 0.467. The molecule has 1 heterocycles. The van der Waals surface area contributed by atoms with Gasteiger partial charge in [0, 0.05) is 7.05 Å². The van der Waals surface area contributed by atoms with Crippen LogP contribution >= 0.6 is 0 Å². The molecule has 0 saturated carbocycles. The first-order valence-corrected chi connectivity index (χ1v) is 6.68. The highest BCUT2D eigenvalue weighted by molar-refractivity contribution is 5.83. The van der Waals surface area contributed by atoms with Crippen LogP contribution in [0.15, 0.2) is 18.2 Å². The number of esters is 1. The van der Waals surface area contributed by atoms with E-state index < -0.39 is 0 Å². The van der Waals surface area contributed by atoms with E-state index in [0.717, 1.165) is 22.4 Å². The minimum Gasteiger partial charge on any atom is -0.465 e. The predicted molar refractivity (Wildman–Crippen MR) is 75.1 cm³/mol. The molecule has 0 fully saturated rings. The molecule has 1 aromatic heterocycles. The Bertz CT molecular complexity index is 601. The molecule has 0 radical (unpaired) electrons. The average Bonchev–Trinajstić information content (AvgIpc) is 2.70. The number of imidazole rings is 1. The third-order valence-electron chi connectivity index (χ3n) is 3.42.